The Kier molecular flexibility index (Phi) is 6.25. The number of nitrogens with one attached hydrogen (secondary N) is 1. The van der Waals surface area contributed by atoms with Crippen molar-refractivity contribution >= 4 is 5.91 Å². The van der Waals surface area contributed by atoms with E-state index < -0.39 is 0 Å². The number of hydrogen-bond acceptors (Lipinski definition) is 2. The first kappa shape index (κ1) is 17.5. The minimum absolute atomic E-state index is 0.0810. The lowest BCUT2D eigenvalue weighted by atomic mass is 9.98. The summed E-state index contributed by atoms with van der Waals surface area (Å²) in [5.74, 6) is 1.49. The Morgan fingerprint density at radius 1 is 1.29 bits per heavy atom. The molecule has 0 atom stereocenters. The van der Waals surface area contributed by atoms with Crippen LogP contribution in [-0.2, 0) is 4.79 Å². The minimum atomic E-state index is -0.165. The van der Waals surface area contributed by atoms with Crippen molar-refractivity contribution in [3.05, 3.63) is 29.3 Å². The van der Waals surface area contributed by atoms with E-state index in [1.165, 1.54) is 11.1 Å². The van der Waals surface area contributed by atoms with Crippen molar-refractivity contribution in [2.24, 2.45) is 0 Å². The molecule has 0 aromatic heterocycles. The lowest BCUT2D eigenvalue weighted by Gasteiger charge is -2.20. The third kappa shape index (κ3) is 6.65. The highest BCUT2D eigenvalue weighted by Crippen LogP contribution is 2.23. The van der Waals surface area contributed by atoms with Crippen LogP contribution in [0.3, 0.4) is 0 Å². The van der Waals surface area contributed by atoms with Crippen LogP contribution in [0.15, 0.2) is 18.2 Å². The summed E-state index contributed by atoms with van der Waals surface area (Å²) in [6.07, 6.45) is 1.23. The Morgan fingerprint density at radius 2 is 1.95 bits per heavy atom. The van der Waals surface area contributed by atoms with Crippen LogP contribution >= 0.6 is 0 Å². The van der Waals surface area contributed by atoms with Crippen LogP contribution in [-0.4, -0.2) is 18.1 Å². The average molecular weight is 291 g/mol. The van der Waals surface area contributed by atoms with Crippen molar-refractivity contribution in [2.75, 3.05) is 6.61 Å². The number of hydrogen-bond donors (Lipinski definition) is 1. The van der Waals surface area contributed by atoms with Gasteiger partial charge in [0.1, 0.15) is 5.75 Å². The van der Waals surface area contributed by atoms with Crippen LogP contribution in [0.5, 0.6) is 5.75 Å². The van der Waals surface area contributed by atoms with Crippen LogP contribution in [0, 0.1) is 6.92 Å². The van der Waals surface area contributed by atoms with Crippen LogP contribution in [0.1, 0.15) is 64.5 Å². The lowest BCUT2D eigenvalue weighted by molar-refractivity contribution is -0.122. The zero-order valence-corrected chi connectivity index (χ0v) is 14.2. The van der Waals surface area contributed by atoms with Crippen LogP contribution < -0.4 is 10.1 Å². The van der Waals surface area contributed by atoms with Crippen molar-refractivity contribution in [3.8, 4) is 5.75 Å². The van der Waals surface area contributed by atoms with E-state index >= 15 is 0 Å². The zero-order chi connectivity index (χ0) is 16.0. The van der Waals surface area contributed by atoms with Crippen molar-refractivity contribution in [2.45, 2.75) is 65.8 Å². The van der Waals surface area contributed by atoms with E-state index in [2.05, 4.69) is 38.2 Å². The second-order valence-electron chi connectivity index (χ2n) is 6.92. The summed E-state index contributed by atoms with van der Waals surface area (Å²) in [6.45, 7) is 13.0. The Labute approximate surface area is 129 Å². The van der Waals surface area contributed by atoms with E-state index in [1.54, 1.807) is 0 Å². The van der Waals surface area contributed by atoms with E-state index in [0.29, 0.717) is 18.9 Å². The Hall–Kier alpha value is -1.51. The minimum Gasteiger partial charge on any atom is -0.494 e. The molecule has 118 valence electrons. The van der Waals surface area contributed by atoms with Crippen LogP contribution in [0.25, 0.3) is 0 Å². The van der Waals surface area contributed by atoms with Gasteiger partial charge in [-0.25, -0.2) is 0 Å². The monoisotopic (exact) mass is 291 g/mol. The maximum atomic E-state index is 11.7. The SMILES string of the molecule is Cc1cc(OCCCC(=O)NC(C)(C)C)ccc1C(C)C. The largest absolute Gasteiger partial charge is 0.494 e. The molecule has 0 aliphatic heterocycles. The third-order valence-electron chi connectivity index (χ3n) is 3.19. The molecule has 0 saturated carbocycles. The normalized spacial score (nSPS) is 11.6. The van der Waals surface area contributed by atoms with Gasteiger partial charge in [-0.05, 0) is 63.3 Å². The van der Waals surface area contributed by atoms with Gasteiger partial charge in [-0.2, -0.15) is 0 Å². The fourth-order valence-electron chi connectivity index (χ4n) is 2.29. The molecule has 1 N–H and O–H groups in total. The molecule has 1 aromatic carbocycles. The maximum Gasteiger partial charge on any atom is 0.220 e. The lowest BCUT2D eigenvalue weighted by Crippen LogP contribution is -2.40. The molecule has 3 nitrogen and oxygen atoms in total. The van der Waals surface area contributed by atoms with Crippen LogP contribution in [0.2, 0.25) is 0 Å². The molecule has 0 fully saturated rings. The second-order valence-corrected chi connectivity index (χ2v) is 6.92. The van der Waals surface area contributed by atoms with Gasteiger partial charge in [-0.15, -0.1) is 0 Å². The van der Waals surface area contributed by atoms with E-state index in [9.17, 15) is 4.79 Å². The zero-order valence-electron chi connectivity index (χ0n) is 14.2. The molecule has 0 bridgehead atoms. The molecule has 0 aliphatic carbocycles. The highest BCUT2D eigenvalue weighted by Gasteiger charge is 2.13. The summed E-state index contributed by atoms with van der Waals surface area (Å²) in [4.78, 5) is 11.7. The van der Waals surface area contributed by atoms with Crippen LogP contribution in [0.4, 0.5) is 0 Å². The number of amides is 1. The topological polar surface area (TPSA) is 38.3 Å². The number of aryl methyl sites for hydroxylation is 1. The Balaban J connectivity index is 2.37. The smallest absolute Gasteiger partial charge is 0.220 e. The number of ether oxygens (including phenoxy) is 1. The number of rotatable bonds is 6. The van der Waals surface area contributed by atoms with E-state index in [4.69, 9.17) is 4.74 Å². The molecule has 0 unspecified atom stereocenters. The highest BCUT2D eigenvalue weighted by atomic mass is 16.5. The summed E-state index contributed by atoms with van der Waals surface area (Å²) in [6, 6.07) is 6.21. The predicted molar refractivity (Wildman–Crippen MR) is 87.9 cm³/mol. The second kappa shape index (κ2) is 7.48. The molecule has 0 heterocycles. The van der Waals surface area contributed by atoms with Crippen molar-refractivity contribution < 1.29 is 9.53 Å². The molecule has 0 radical (unpaired) electrons. The summed E-state index contributed by atoms with van der Waals surface area (Å²) in [7, 11) is 0. The Bertz CT molecular complexity index is 473. The molecule has 1 aromatic rings. The van der Waals surface area contributed by atoms with Gasteiger partial charge in [0, 0.05) is 12.0 Å². The van der Waals surface area contributed by atoms with Gasteiger partial charge >= 0.3 is 0 Å². The van der Waals surface area contributed by atoms with Gasteiger partial charge in [0.25, 0.3) is 0 Å². The van der Waals surface area contributed by atoms with Gasteiger partial charge in [-0.3, -0.25) is 4.79 Å². The molecule has 0 spiro atoms. The fraction of sp³-hybridized carbons (Fsp3) is 0.611. The molecule has 0 aliphatic rings. The summed E-state index contributed by atoms with van der Waals surface area (Å²) < 4.78 is 5.72. The summed E-state index contributed by atoms with van der Waals surface area (Å²) in [5, 5.41) is 2.95. The standard InChI is InChI=1S/C18H29NO2/c1-13(2)16-10-9-15(12-14(16)3)21-11-7-8-17(20)19-18(4,5)6/h9-10,12-13H,7-8,11H2,1-6H3,(H,19,20). The Morgan fingerprint density at radius 3 is 2.48 bits per heavy atom. The first-order valence-corrected chi connectivity index (χ1v) is 7.73. The maximum absolute atomic E-state index is 11.7. The molecular weight excluding hydrogens is 262 g/mol. The van der Waals surface area contributed by atoms with E-state index in [0.717, 1.165) is 12.2 Å². The molecule has 1 amide bonds. The first-order valence-electron chi connectivity index (χ1n) is 7.73. The number of carbonyl (C=O) groups excluding carboxylic acids is 1. The average Bonchev–Trinajstić information content (AvgIpc) is 2.32. The summed E-state index contributed by atoms with van der Waals surface area (Å²) in [5.41, 5.74) is 2.45. The first-order chi connectivity index (χ1) is 9.69. The van der Waals surface area contributed by atoms with Gasteiger partial charge in [-0.1, -0.05) is 19.9 Å². The van der Waals surface area contributed by atoms with E-state index in [-0.39, 0.29) is 11.4 Å². The van der Waals surface area contributed by atoms with Crippen molar-refractivity contribution in [3.63, 3.8) is 0 Å². The number of carbonyl (C=O) groups is 1. The summed E-state index contributed by atoms with van der Waals surface area (Å²) >= 11 is 0. The van der Waals surface area contributed by atoms with Gasteiger partial charge < -0.3 is 10.1 Å². The molecule has 1 rings (SSSR count). The fourth-order valence-corrected chi connectivity index (χ4v) is 2.29. The highest BCUT2D eigenvalue weighted by molar-refractivity contribution is 5.76. The molecule has 21 heavy (non-hydrogen) atoms. The number of benzene rings is 1. The van der Waals surface area contributed by atoms with Gasteiger partial charge in [0.05, 0.1) is 6.61 Å². The molecular formula is C18H29NO2. The van der Waals surface area contributed by atoms with Gasteiger partial charge in [0.15, 0.2) is 0 Å². The quantitative estimate of drug-likeness (QED) is 0.798. The van der Waals surface area contributed by atoms with Crippen molar-refractivity contribution in [1.29, 1.82) is 0 Å². The van der Waals surface area contributed by atoms with Gasteiger partial charge in [0.2, 0.25) is 5.91 Å². The predicted octanol–water partition coefficient (Wildman–Crippen LogP) is 4.19. The van der Waals surface area contributed by atoms with Crippen molar-refractivity contribution in [1.82, 2.24) is 5.32 Å². The van der Waals surface area contributed by atoms with E-state index in [1.807, 2.05) is 26.8 Å². The molecule has 3 heteroatoms. The third-order valence-corrected chi connectivity index (χ3v) is 3.19. The molecule has 0 saturated heterocycles.